The van der Waals surface area contributed by atoms with E-state index in [1.165, 1.54) is 29.8 Å². The molecule has 2 aromatic rings. The van der Waals surface area contributed by atoms with Gasteiger partial charge in [0.2, 0.25) is 11.7 Å². The Hall–Kier alpha value is -2.74. The first-order valence-corrected chi connectivity index (χ1v) is 9.38. The minimum absolute atomic E-state index is 0.0883. The molecule has 1 aliphatic heterocycles. The van der Waals surface area contributed by atoms with Crippen LogP contribution in [0.2, 0.25) is 0 Å². The van der Waals surface area contributed by atoms with Crippen LogP contribution in [0, 0.1) is 6.92 Å². The molecule has 0 aliphatic carbocycles. The molecule has 1 aliphatic rings. The monoisotopic (exact) mass is 389 g/mol. The molecule has 8 heteroatoms. The van der Waals surface area contributed by atoms with Crippen LogP contribution in [0.3, 0.4) is 0 Å². The molecule has 0 bridgehead atoms. The highest BCUT2D eigenvalue weighted by Crippen LogP contribution is 2.29. The Morgan fingerprint density at radius 3 is 2.85 bits per heavy atom. The zero-order chi connectivity index (χ0) is 19.4. The number of furan rings is 1. The number of fused-ring (bicyclic) bond motifs is 1. The van der Waals surface area contributed by atoms with E-state index in [-0.39, 0.29) is 24.0 Å². The second kappa shape index (κ2) is 8.30. The number of rotatable bonds is 6. The van der Waals surface area contributed by atoms with E-state index in [4.69, 9.17) is 9.15 Å². The van der Waals surface area contributed by atoms with E-state index in [0.29, 0.717) is 23.6 Å². The summed E-state index contributed by atoms with van der Waals surface area (Å²) >= 11 is 1.28. The van der Waals surface area contributed by atoms with Gasteiger partial charge in [0.05, 0.1) is 30.6 Å². The highest BCUT2D eigenvalue weighted by atomic mass is 32.2. The van der Waals surface area contributed by atoms with Gasteiger partial charge < -0.3 is 18.8 Å². The molecule has 142 valence electrons. The smallest absolute Gasteiger partial charge is 0.374 e. The predicted molar refractivity (Wildman–Crippen MR) is 100 cm³/mol. The van der Waals surface area contributed by atoms with Crippen LogP contribution in [0.15, 0.2) is 39.8 Å². The van der Waals surface area contributed by atoms with Crippen LogP contribution in [0.4, 0.5) is 0 Å². The number of para-hydroxylation sites is 1. The summed E-state index contributed by atoms with van der Waals surface area (Å²) in [7, 11) is 1.28. The standard InChI is InChI=1S/C19H19NO6S/c1-12-13-6-3-4-7-14(13)26-18(12)19(23)25-9-5-8-20-15(21)11-27-16(20)10-17(22)24-2/h3-4,6-7,10H,5,8-9,11H2,1-2H3/b16-10+. The highest BCUT2D eigenvalue weighted by molar-refractivity contribution is 8.04. The Kier molecular flexibility index (Phi) is 5.85. The third-order valence-corrected chi connectivity index (χ3v) is 5.17. The fraction of sp³-hybridized carbons (Fsp3) is 0.316. The van der Waals surface area contributed by atoms with Gasteiger partial charge in [-0.15, -0.1) is 0 Å². The Balaban J connectivity index is 1.55. The van der Waals surface area contributed by atoms with E-state index in [0.717, 1.165) is 10.9 Å². The van der Waals surface area contributed by atoms with Gasteiger partial charge in [0.15, 0.2) is 0 Å². The summed E-state index contributed by atoms with van der Waals surface area (Å²) < 4.78 is 15.5. The summed E-state index contributed by atoms with van der Waals surface area (Å²) in [6.45, 7) is 2.29. The molecule has 1 amide bonds. The molecule has 27 heavy (non-hydrogen) atoms. The lowest BCUT2D eigenvalue weighted by Gasteiger charge is -2.16. The van der Waals surface area contributed by atoms with Crippen LogP contribution in [-0.4, -0.2) is 48.8 Å². The van der Waals surface area contributed by atoms with E-state index in [1.807, 2.05) is 25.1 Å². The minimum atomic E-state index is -0.531. The van der Waals surface area contributed by atoms with Crippen molar-refractivity contribution >= 4 is 40.6 Å². The average Bonchev–Trinajstić information content (AvgIpc) is 3.19. The third-order valence-electron chi connectivity index (χ3n) is 4.14. The topological polar surface area (TPSA) is 86.0 Å². The fourth-order valence-corrected chi connectivity index (χ4v) is 3.71. The van der Waals surface area contributed by atoms with Crippen molar-refractivity contribution in [2.45, 2.75) is 13.3 Å². The van der Waals surface area contributed by atoms with Crippen LogP contribution >= 0.6 is 11.8 Å². The molecule has 1 fully saturated rings. The van der Waals surface area contributed by atoms with Gasteiger partial charge in [-0.3, -0.25) is 4.79 Å². The van der Waals surface area contributed by atoms with E-state index in [9.17, 15) is 14.4 Å². The molecule has 1 aromatic carbocycles. The van der Waals surface area contributed by atoms with Gasteiger partial charge in [-0.05, 0) is 19.4 Å². The lowest BCUT2D eigenvalue weighted by atomic mass is 10.1. The van der Waals surface area contributed by atoms with Gasteiger partial charge in [-0.25, -0.2) is 9.59 Å². The molecule has 0 N–H and O–H groups in total. The second-order valence-corrected chi connectivity index (χ2v) is 6.88. The third kappa shape index (κ3) is 4.16. The van der Waals surface area contributed by atoms with E-state index in [2.05, 4.69) is 4.74 Å². The molecule has 1 saturated heterocycles. The van der Waals surface area contributed by atoms with Crippen molar-refractivity contribution in [3.8, 4) is 0 Å². The molecule has 0 atom stereocenters. The van der Waals surface area contributed by atoms with Gasteiger partial charge in [-0.2, -0.15) is 0 Å². The molecule has 3 rings (SSSR count). The first-order valence-electron chi connectivity index (χ1n) is 8.39. The van der Waals surface area contributed by atoms with Crippen LogP contribution in [0.1, 0.15) is 22.5 Å². The van der Waals surface area contributed by atoms with Crippen molar-refractivity contribution in [1.82, 2.24) is 4.90 Å². The number of thioether (sulfide) groups is 1. The van der Waals surface area contributed by atoms with E-state index >= 15 is 0 Å². The van der Waals surface area contributed by atoms with Crippen LogP contribution in [0.25, 0.3) is 11.0 Å². The summed E-state index contributed by atoms with van der Waals surface area (Å²) in [5.74, 6) is -0.661. The maximum Gasteiger partial charge on any atom is 0.374 e. The van der Waals surface area contributed by atoms with Crippen molar-refractivity contribution in [2.75, 3.05) is 26.0 Å². The molecule has 0 spiro atoms. The molecule has 2 heterocycles. The van der Waals surface area contributed by atoms with Gasteiger partial charge in [0.1, 0.15) is 5.58 Å². The first kappa shape index (κ1) is 19.0. The molecule has 0 radical (unpaired) electrons. The van der Waals surface area contributed by atoms with Crippen molar-refractivity contribution in [3.05, 3.63) is 46.7 Å². The summed E-state index contributed by atoms with van der Waals surface area (Å²) in [6.07, 6.45) is 1.73. The lowest BCUT2D eigenvalue weighted by molar-refractivity contribution is -0.134. The highest BCUT2D eigenvalue weighted by Gasteiger charge is 2.27. The van der Waals surface area contributed by atoms with Crippen LogP contribution in [-0.2, 0) is 19.1 Å². The van der Waals surface area contributed by atoms with Gasteiger partial charge in [0, 0.05) is 17.5 Å². The zero-order valence-corrected chi connectivity index (χ0v) is 15.8. The molecule has 1 aromatic heterocycles. The van der Waals surface area contributed by atoms with Crippen molar-refractivity contribution in [2.24, 2.45) is 0 Å². The fourth-order valence-electron chi connectivity index (χ4n) is 2.75. The summed E-state index contributed by atoms with van der Waals surface area (Å²) in [4.78, 5) is 37.1. The Morgan fingerprint density at radius 1 is 1.33 bits per heavy atom. The van der Waals surface area contributed by atoms with E-state index < -0.39 is 11.9 Å². The molecule has 0 unspecified atom stereocenters. The Labute approximate surface area is 160 Å². The number of methoxy groups -OCH3 is 1. The summed E-state index contributed by atoms with van der Waals surface area (Å²) in [5, 5.41) is 1.42. The largest absolute Gasteiger partial charge is 0.466 e. The van der Waals surface area contributed by atoms with Crippen LogP contribution in [0.5, 0.6) is 0 Å². The Bertz CT molecular complexity index is 916. The van der Waals surface area contributed by atoms with Gasteiger partial charge >= 0.3 is 11.9 Å². The number of benzene rings is 1. The summed E-state index contributed by atoms with van der Waals surface area (Å²) in [5.41, 5.74) is 1.38. The van der Waals surface area contributed by atoms with E-state index in [1.54, 1.807) is 6.07 Å². The average molecular weight is 389 g/mol. The normalized spacial score (nSPS) is 15.6. The SMILES string of the molecule is COC(=O)/C=C1/SCC(=O)N1CCCOC(=O)c1oc2ccccc2c1C. The lowest BCUT2D eigenvalue weighted by Crippen LogP contribution is -2.27. The number of amides is 1. The number of esters is 2. The van der Waals surface area contributed by atoms with Crippen molar-refractivity contribution in [1.29, 1.82) is 0 Å². The number of hydrogen-bond acceptors (Lipinski definition) is 7. The van der Waals surface area contributed by atoms with Crippen molar-refractivity contribution in [3.63, 3.8) is 0 Å². The number of aryl methyl sites for hydroxylation is 1. The van der Waals surface area contributed by atoms with Crippen molar-refractivity contribution < 1.29 is 28.3 Å². The first-order chi connectivity index (χ1) is 13.0. The number of carbonyl (C=O) groups excluding carboxylic acids is 3. The second-order valence-electron chi connectivity index (χ2n) is 5.88. The zero-order valence-electron chi connectivity index (χ0n) is 15.0. The maximum absolute atomic E-state index is 12.3. The summed E-state index contributed by atoms with van der Waals surface area (Å²) in [6, 6.07) is 7.40. The predicted octanol–water partition coefficient (Wildman–Crippen LogP) is 2.88. The van der Waals surface area contributed by atoms with Gasteiger partial charge in [-0.1, -0.05) is 30.0 Å². The molecular formula is C19H19NO6S. The maximum atomic E-state index is 12.3. The van der Waals surface area contributed by atoms with Crippen LogP contribution < -0.4 is 0 Å². The molecular weight excluding hydrogens is 370 g/mol. The molecule has 7 nitrogen and oxygen atoms in total. The number of ether oxygens (including phenoxy) is 2. The number of hydrogen-bond donors (Lipinski definition) is 0. The molecule has 0 saturated carbocycles. The quantitative estimate of drug-likeness (QED) is 0.426. The minimum Gasteiger partial charge on any atom is -0.466 e. The van der Waals surface area contributed by atoms with Gasteiger partial charge in [0.25, 0.3) is 0 Å². The number of nitrogens with zero attached hydrogens (tertiary/aromatic N) is 1. The number of carbonyl (C=O) groups is 3. The Morgan fingerprint density at radius 2 is 2.11 bits per heavy atom.